The molecule has 1 aromatic heterocycles. The third-order valence-corrected chi connectivity index (χ3v) is 5.71. The third-order valence-electron chi connectivity index (χ3n) is 5.50. The van der Waals surface area contributed by atoms with E-state index in [4.69, 9.17) is 16.3 Å². The average molecular weight is 390 g/mol. The number of nitrogens with zero attached hydrogens (tertiary/aromatic N) is 2. The molecule has 3 rings (SSSR count). The van der Waals surface area contributed by atoms with Gasteiger partial charge in [0.1, 0.15) is 5.15 Å². The molecule has 1 N–H and O–H groups in total. The lowest BCUT2D eigenvalue weighted by Crippen LogP contribution is -2.52. The molecular weight excluding hydrogens is 362 g/mol. The van der Waals surface area contributed by atoms with Gasteiger partial charge in [-0.25, -0.2) is 4.98 Å². The van der Waals surface area contributed by atoms with Crippen molar-refractivity contribution in [3.05, 3.63) is 41.0 Å². The molecule has 1 unspecified atom stereocenters. The molecule has 0 saturated carbocycles. The van der Waals surface area contributed by atoms with Crippen LogP contribution in [0.5, 0.6) is 0 Å². The molecule has 0 spiro atoms. The smallest absolute Gasteiger partial charge is 0.251 e. The van der Waals surface area contributed by atoms with E-state index in [0.29, 0.717) is 29.2 Å². The number of halogens is 1. The minimum Gasteiger partial charge on any atom is -0.379 e. The molecule has 1 fully saturated rings. The van der Waals surface area contributed by atoms with Crippen molar-refractivity contribution in [2.24, 2.45) is 5.92 Å². The Morgan fingerprint density at radius 1 is 1.22 bits per heavy atom. The zero-order chi connectivity index (χ0) is 19.2. The number of fused-ring (bicyclic) bond motifs is 1. The molecule has 2 aromatic rings. The topological polar surface area (TPSA) is 54.5 Å². The number of hydrogen-bond donors (Lipinski definition) is 1. The molecule has 5 nitrogen and oxygen atoms in total. The number of benzene rings is 1. The number of pyridine rings is 1. The number of ether oxygens (including phenoxy) is 1. The van der Waals surface area contributed by atoms with E-state index >= 15 is 0 Å². The van der Waals surface area contributed by atoms with Crippen LogP contribution < -0.4 is 5.32 Å². The van der Waals surface area contributed by atoms with Crippen molar-refractivity contribution < 1.29 is 9.53 Å². The van der Waals surface area contributed by atoms with E-state index < -0.39 is 0 Å². The maximum atomic E-state index is 12.7. The number of morpholine rings is 1. The first kappa shape index (κ1) is 20.1. The quantitative estimate of drug-likeness (QED) is 0.732. The molecule has 1 aromatic carbocycles. The van der Waals surface area contributed by atoms with Gasteiger partial charge in [-0.2, -0.15) is 0 Å². The molecule has 1 aliphatic rings. The van der Waals surface area contributed by atoms with Gasteiger partial charge < -0.3 is 10.1 Å². The summed E-state index contributed by atoms with van der Waals surface area (Å²) in [5.41, 5.74) is 1.44. The summed E-state index contributed by atoms with van der Waals surface area (Å²) in [6.45, 7) is 8.51. The summed E-state index contributed by atoms with van der Waals surface area (Å²) in [6.07, 6.45) is 2.22. The number of nitrogens with one attached hydrogen (secondary N) is 1. The highest BCUT2D eigenvalue weighted by molar-refractivity contribution is 6.29. The van der Waals surface area contributed by atoms with E-state index in [1.165, 1.54) is 0 Å². The molecular formula is C21H28ClN3O2. The Kier molecular flexibility index (Phi) is 7.05. The maximum Gasteiger partial charge on any atom is 0.251 e. The van der Waals surface area contributed by atoms with Crippen LogP contribution in [0.3, 0.4) is 0 Å². The van der Waals surface area contributed by atoms with Gasteiger partial charge in [-0.3, -0.25) is 9.69 Å². The molecule has 27 heavy (non-hydrogen) atoms. The first-order chi connectivity index (χ1) is 13.1. The summed E-state index contributed by atoms with van der Waals surface area (Å²) in [5, 5.41) is 4.52. The van der Waals surface area contributed by atoms with Gasteiger partial charge in [0.2, 0.25) is 0 Å². The number of carbonyl (C=O) groups is 1. The Labute approximate surface area is 166 Å². The van der Waals surface area contributed by atoms with Crippen molar-refractivity contribution in [3.8, 4) is 0 Å². The second-order valence-electron chi connectivity index (χ2n) is 7.04. The summed E-state index contributed by atoms with van der Waals surface area (Å²) in [5.74, 6) is 0.516. The lowest BCUT2D eigenvalue weighted by molar-refractivity contribution is 0.00191. The molecule has 146 valence electrons. The van der Waals surface area contributed by atoms with Crippen LogP contribution in [0.4, 0.5) is 0 Å². The summed E-state index contributed by atoms with van der Waals surface area (Å²) in [6, 6.07) is 9.50. The standard InChI is InChI=1S/C21H28ClN3O2/c1-3-15(4-2)19(25-9-11-27-12-10-25)14-23-21(26)17-5-7-18-16(13-17)6-8-20(22)24-18/h5-8,13,15,19H,3-4,9-12,14H2,1-2H3,(H,23,26). The molecule has 6 heteroatoms. The van der Waals surface area contributed by atoms with Gasteiger partial charge in [-0.15, -0.1) is 0 Å². The third kappa shape index (κ3) is 4.98. The second kappa shape index (κ2) is 9.49. The lowest BCUT2D eigenvalue weighted by Gasteiger charge is -2.38. The fourth-order valence-electron chi connectivity index (χ4n) is 3.88. The number of aromatic nitrogens is 1. The molecule has 1 aliphatic heterocycles. The van der Waals surface area contributed by atoms with E-state index in [2.05, 4.69) is 29.0 Å². The minimum absolute atomic E-state index is 0.0453. The van der Waals surface area contributed by atoms with Crippen molar-refractivity contribution in [1.29, 1.82) is 0 Å². The van der Waals surface area contributed by atoms with Crippen LogP contribution in [0.25, 0.3) is 10.9 Å². The number of hydrogen-bond acceptors (Lipinski definition) is 4. The monoisotopic (exact) mass is 389 g/mol. The first-order valence-electron chi connectivity index (χ1n) is 9.78. The fourth-order valence-corrected chi connectivity index (χ4v) is 4.03. The van der Waals surface area contributed by atoms with E-state index in [0.717, 1.165) is 50.0 Å². The number of amides is 1. The van der Waals surface area contributed by atoms with Crippen molar-refractivity contribution in [2.45, 2.75) is 32.7 Å². The zero-order valence-corrected chi connectivity index (χ0v) is 16.8. The Bertz CT molecular complexity index is 773. The van der Waals surface area contributed by atoms with E-state index in [1.54, 1.807) is 6.07 Å². The molecule has 1 atom stereocenters. The Balaban J connectivity index is 1.70. The Morgan fingerprint density at radius 2 is 1.96 bits per heavy atom. The van der Waals surface area contributed by atoms with E-state index in [9.17, 15) is 4.79 Å². The van der Waals surface area contributed by atoms with Gasteiger partial charge in [0.25, 0.3) is 5.91 Å². The van der Waals surface area contributed by atoms with Crippen LogP contribution in [0, 0.1) is 5.92 Å². The van der Waals surface area contributed by atoms with Crippen LogP contribution in [0.15, 0.2) is 30.3 Å². The molecule has 2 heterocycles. The predicted molar refractivity (Wildman–Crippen MR) is 109 cm³/mol. The van der Waals surface area contributed by atoms with Crippen molar-refractivity contribution >= 4 is 28.4 Å². The molecule has 0 bridgehead atoms. The Hall–Kier alpha value is -1.69. The SMILES string of the molecule is CCC(CC)C(CNC(=O)c1ccc2nc(Cl)ccc2c1)N1CCOCC1. The van der Waals surface area contributed by atoms with Gasteiger partial charge in [-0.05, 0) is 36.2 Å². The van der Waals surface area contributed by atoms with Crippen LogP contribution >= 0.6 is 11.6 Å². The normalized spacial score (nSPS) is 16.6. The molecule has 1 amide bonds. The van der Waals surface area contributed by atoms with E-state index in [-0.39, 0.29) is 5.91 Å². The Morgan fingerprint density at radius 3 is 2.67 bits per heavy atom. The van der Waals surface area contributed by atoms with Gasteiger partial charge in [0, 0.05) is 36.6 Å². The van der Waals surface area contributed by atoms with Gasteiger partial charge in [0.15, 0.2) is 0 Å². The highest BCUT2D eigenvalue weighted by Crippen LogP contribution is 2.20. The summed E-state index contributed by atoms with van der Waals surface area (Å²) < 4.78 is 5.50. The van der Waals surface area contributed by atoms with Crippen molar-refractivity contribution in [2.75, 3.05) is 32.8 Å². The lowest BCUT2D eigenvalue weighted by atomic mass is 9.92. The minimum atomic E-state index is -0.0453. The number of carbonyl (C=O) groups excluding carboxylic acids is 1. The van der Waals surface area contributed by atoms with Crippen LogP contribution in [-0.2, 0) is 4.74 Å². The van der Waals surface area contributed by atoms with Crippen LogP contribution in [0.2, 0.25) is 5.15 Å². The maximum absolute atomic E-state index is 12.7. The summed E-state index contributed by atoms with van der Waals surface area (Å²) in [4.78, 5) is 19.5. The molecule has 0 radical (unpaired) electrons. The largest absolute Gasteiger partial charge is 0.379 e. The molecule has 1 saturated heterocycles. The van der Waals surface area contributed by atoms with Crippen molar-refractivity contribution in [3.63, 3.8) is 0 Å². The van der Waals surface area contributed by atoms with Gasteiger partial charge in [0.05, 0.1) is 18.7 Å². The first-order valence-corrected chi connectivity index (χ1v) is 10.2. The number of rotatable bonds is 7. The zero-order valence-electron chi connectivity index (χ0n) is 16.1. The fraction of sp³-hybridized carbons (Fsp3) is 0.524. The van der Waals surface area contributed by atoms with Gasteiger partial charge >= 0.3 is 0 Å². The van der Waals surface area contributed by atoms with Crippen molar-refractivity contribution in [1.82, 2.24) is 15.2 Å². The highest BCUT2D eigenvalue weighted by Gasteiger charge is 2.27. The van der Waals surface area contributed by atoms with Crippen LogP contribution in [-0.4, -0.2) is 54.7 Å². The summed E-state index contributed by atoms with van der Waals surface area (Å²) in [7, 11) is 0. The second-order valence-corrected chi connectivity index (χ2v) is 7.43. The van der Waals surface area contributed by atoms with E-state index in [1.807, 2.05) is 24.3 Å². The van der Waals surface area contributed by atoms with Crippen LogP contribution in [0.1, 0.15) is 37.0 Å². The molecule has 0 aliphatic carbocycles. The highest BCUT2D eigenvalue weighted by atomic mass is 35.5. The average Bonchev–Trinajstić information content (AvgIpc) is 2.71. The van der Waals surface area contributed by atoms with Gasteiger partial charge in [-0.1, -0.05) is 38.3 Å². The predicted octanol–water partition coefficient (Wildman–Crippen LogP) is 3.76. The summed E-state index contributed by atoms with van der Waals surface area (Å²) >= 11 is 5.93.